The lowest BCUT2D eigenvalue weighted by Crippen LogP contribution is -2.44. The standard InChI is InChI=1S/C14H15BrN2O2/c1-2-4-13(18)16-9-3-10-17(16)14(19)11-5-7-12(15)8-6-11/h2,4-8H,3,9-10H2,1H3/b4-2+. The molecule has 0 unspecified atom stereocenters. The molecule has 2 amide bonds. The van der Waals surface area contributed by atoms with E-state index in [2.05, 4.69) is 15.9 Å². The number of nitrogens with zero attached hydrogens (tertiary/aromatic N) is 2. The van der Waals surface area contributed by atoms with Crippen molar-refractivity contribution >= 4 is 27.7 Å². The van der Waals surface area contributed by atoms with Gasteiger partial charge in [0, 0.05) is 29.2 Å². The lowest BCUT2D eigenvalue weighted by Gasteiger charge is -2.26. The molecule has 1 heterocycles. The molecular weight excluding hydrogens is 308 g/mol. The minimum Gasteiger partial charge on any atom is -0.268 e. The van der Waals surface area contributed by atoms with E-state index in [1.807, 2.05) is 12.1 Å². The summed E-state index contributed by atoms with van der Waals surface area (Å²) < 4.78 is 0.923. The lowest BCUT2D eigenvalue weighted by atomic mass is 10.2. The molecule has 2 rings (SSSR count). The van der Waals surface area contributed by atoms with Gasteiger partial charge < -0.3 is 0 Å². The van der Waals surface area contributed by atoms with Gasteiger partial charge in [-0.2, -0.15) is 0 Å². The van der Waals surface area contributed by atoms with E-state index in [1.54, 1.807) is 25.1 Å². The van der Waals surface area contributed by atoms with Crippen molar-refractivity contribution in [1.29, 1.82) is 0 Å². The van der Waals surface area contributed by atoms with Gasteiger partial charge in [-0.15, -0.1) is 0 Å². The van der Waals surface area contributed by atoms with Crippen molar-refractivity contribution < 1.29 is 9.59 Å². The van der Waals surface area contributed by atoms with Crippen LogP contribution >= 0.6 is 15.9 Å². The smallest absolute Gasteiger partial charge is 0.268 e. The second-order valence-electron chi connectivity index (χ2n) is 4.25. The van der Waals surface area contributed by atoms with E-state index >= 15 is 0 Å². The minimum absolute atomic E-state index is 0.136. The number of carbonyl (C=O) groups is 2. The highest BCUT2D eigenvalue weighted by molar-refractivity contribution is 9.10. The zero-order valence-electron chi connectivity index (χ0n) is 10.7. The molecule has 100 valence electrons. The number of allylic oxidation sites excluding steroid dienone is 1. The zero-order chi connectivity index (χ0) is 13.8. The third kappa shape index (κ3) is 3.04. The maximum atomic E-state index is 12.4. The van der Waals surface area contributed by atoms with Gasteiger partial charge in [-0.05, 0) is 37.6 Å². The predicted octanol–water partition coefficient (Wildman–Crippen LogP) is 2.61. The van der Waals surface area contributed by atoms with Gasteiger partial charge in [0.1, 0.15) is 0 Å². The highest BCUT2D eigenvalue weighted by Crippen LogP contribution is 2.17. The molecule has 19 heavy (non-hydrogen) atoms. The largest absolute Gasteiger partial charge is 0.272 e. The molecule has 1 aliphatic rings. The summed E-state index contributed by atoms with van der Waals surface area (Å²) in [7, 11) is 0. The second-order valence-corrected chi connectivity index (χ2v) is 5.17. The average Bonchev–Trinajstić information content (AvgIpc) is 2.88. The van der Waals surface area contributed by atoms with Gasteiger partial charge >= 0.3 is 0 Å². The van der Waals surface area contributed by atoms with Crippen LogP contribution in [0.5, 0.6) is 0 Å². The summed E-state index contributed by atoms with van der Waals surface area (Å²) in [5.74, 6) is -0.284. The van der Waals surface area contributed by atoms with Gasteiger partial charge in [-0.1, -0.05) is 22.0 Å². The van der Waals surface area contributed by atoms with E-state index in [4.69, 9.17) is 0 Å². The second kappa shape index (κ2) is 6.02. The molecule has 0 aliphatic carbocycles. The van der Waals surface area contributed by atoms with Crippen LogP contribution in [0, 0.1) is 0 Å². The molecule has 1 aromatic carbocycles. The zero-order valence-corrected chi connectivity index (χ0v) is 12.3. The van der Waals surface area contributed by atoms with Crippen LogP contribution in [-0.2, 0) is 4.79 Å². The summed E-state index contributed by atoms with van der Waals surface area (Å²) in [6.07, 6.45) is 3.97. The third-order valence-electron chi connectivity index (χ3n) is 2.92. The highest BCUT2D eigenvalue weighted by atomic mass is 79.9. The Morgan fingerprint density at radius 3 is 2.42 bits per heavy atom. The Kier molecular flexibility index (Phi) is 4.37. The van der Waals surface area contributed by atoms with Crippen LogP contribution in [0.3, 0.4) is 0 Å². The molecular formula is C14H15BrN2O2. The van der Waals surface area contributed by atoms with Gasteiger partial charge in [0.2, 0.25) is 0 Å². The molecule has 0 atom stereocenters. The Labute approximate surface area is 120 Å². The first-order chi connectivity index (χ1) is 9.13. The topological polar surface area (TPSA) is 40.6 Å². The number of hydrogen-bond acceptors (Lipinski definition) is 2. The summed E-state index contributed by atoms with van der Waals surface area (Å²) in [5.41, 5.74) is 0.586. The van der Waals surface area contributed by atoms with Crippen LogP contribution in [0.25, 0.3) is 0 Å². The van der Waals surface area contributed by atoms with Crippen molar-refractivity contribution in [1.82, 2.24) is 10.0 Å². The molecule has 0 aromatic heterocycles. The summed E-state index contributed by atoms with van der Waals surface area (Å²) in [6.45, 7) is 2.96. The van der Waals surface area contributed by atoms with Crippen LogP contribution in [0.4, 0.5) is 0 Å². The van der Waals surface area contributed by atoms with E-state index in [9.17, 15) is 9.59 Å². The normalized spacial score (nSPS) is 15.3. The van der Waals surface area contributed by atoms with E-state index in [1.165, 1.54) is 16.1 Å². The molecule has 0 saturated carbocycles. The van der Waals surface area contributed by atoms with Gasteiger partial charge in [-0.25, -0.2) is 10.0 Å². The van der Waals surface area contributed by atoms with E-state index in [0.717, 1.165) is 10.9 Å². The predicted molar refractivity (Wildman–Crippen MR) is 76.3 cm³/mol. The molecule has 0 N–H and O–H groups in total. The fourth-order valence-corrected chi connectivity index (χ4v) is 2.29. The number of halogens is 1. The van der Waals surface area contributed by atoms with Crippen molar-refractivity contribution in [2.75, 3.05) is 13.1 Å². The summed E-state index contributed by atoms with van der Waals surface area (Å²) in [5, 5.41) is 3.02. The van der Waals surface area contributed by atoms with E-state index in [-0.39, 0.29) is 11.8 Å². The molecule has 1 saturated heterocycles. The van der Waals surface area contributed by atoms with Crippen molar-refractivity contribution in [3.63, 3.8) is 0 Å². The molecule has 5 heteroatoms. The van der Waals surface area contributed by atoms with Gasteiger partial charge in [0.15, 0.2) is 0 Å². The van der Waals surface area contributed by atoms with Crippen molar-refractivity contribution in [3.8, 4) is 0 Å². The number of amides is 2. The number of hydrazine groups is 1. The Hall–Kier alpha value is -1.62. The first-order valence-corrected chi connectivity index (χ1v) is 6.94. The van der Waals surface area contributed by atoms with Gasteiger partial charge in [-0.3, -0.25) is 9.59 Å². The maximum absolute atomic E-state index is 12.4. The molecule has 0 radical (unpaired) electrons. The average molecular weight is 323 g/mol. The molecule has 1 aliphatic heterocycles. The number of hydrogen-bond donors (Lipinski definition) is 0. The SMILES string of the molecule is C/C=C/C(=O)N1CCCN1C(=O)c1ccc(Br)cc1. The van der Waals surface area contributed by atoms with Crippen molar-refractivity contribution in [2.24, 2.45) is 0 Å². The van der Waals surface area contributed by atoms with Crippen LogP contribution in [0.1, 0.15) is 23.7 Å². The third-order valence-corrected chi connectivity index (χ3v) is 3.45. The van der Waals surface area contributed by atoms with Crippen molar-refractivity contribution in [3.05, 3.63) is 46.5 Å². The first kappa shape index (κ1) is 13.8. The van der Waals surface area contributed by atoms with Crippen LogP contribution < -0.4 is 0 Å². The summed E-state index contributed by atoms with van der Waals surface area (Å²) >= 11 is 3.34. The fraction of sp³-hybridized carbons (Fsp3) is 0.286. The van der Waals surface area contributed by atoms with Gasteiger partial charge in [0.25, 0.3) is 11.8 Å². The Morgan fingerprint density at radius 1 is 1.16 bits per heavy atom. The molecule has 0 spiro atoms. The quantitative estimate of drug-likeness (QED) is 0.785. The maximum Gasteiger partial charge on any atom is 0.272 e. The number of benzene rings is 1. The highest BCUT2D eigenvalue weighted by Gasteiger charge is 2.29. The van der Waals surface area contributed by atoms with Crippen LogP contribution in [0.15, 0.2) is 40.9 Å². The Morgan fingerprint density at radius 2 is 1.79 bits per heavy atom. The first-order valence-electron chi connectivity index (χ1n) is 6.15. The Balaban J connectivity index is 2.18. The Bertz CT molecular complexity index is 511. The summed E-state index contributed by atoms with van der Waals surface area (Å²) in [4.78, 5) is 24.3. The minimum atomic E-state index is -0.148. The lowest BCUT2D eigenvalue weighted by molar-refractivity contribution is -0.135. The van der Waals surface area contributed by atoms with Gasteiger partial charge in [0.05, 0.1) is 0 Å². The fourth-order valence-electron chi connectivity index (χ4n) is 2.02. The van der Waals surface area contributed by atoms with E-state index in [0.29, 0.717) is 18.7 Å². The monoisotopic (exact) mass is 322 g/mol. The van der Waals surface area contributed by atoms with Crippen molar-refractivity contribution in [2.45, 2.75) is 13.3 Å². The van der Waals surface area contributed by atoms with Crippen LogP contribution in [0.2, 0.25) is 0 Å². The molecule has 0 bridgehead atoms. The van der Waals surface area contributed by atoms with E-state index < -0.39 is 0 Å². The summed E-state index contributed by atoms with van der Waals surface area (Å²) in [6, 6.07) is 7.15. The molecule has 4 nitrogen and oxygen atoms in total. The number of carbonyl (C=O) groups excluding carboxylic acids is 2. The van der Waals surface area contributed by atoms with Crippen LogP contribution in [-0.4, -0.2) is 34.9 Å². The molecule has 1 aromatic rings. The molecule has 1 fully saturated rings. The number of rotatable bonds is 2.